The molecule has 0 spiro atoms. The van der Waals surface area contributed by atoms with E-state index in [4.69, 9.17) is 0 Å². The van der Waals surface area contributed by atoms with Crippen molar-refractivity contribution >= 4 is 15.9 Å². The molecule has 3 rings (SSSR count). The second kappa shape index (κ2) is 7.57. The van der Waals surface area contributed by atoms with Gasteiger partial charge in [0.05, 0.1) is 10.6 Å². The van der Waals surface area contributed by atoms with Crippen molar-refractivity contribution in [2.75, 3.05) is 0 Å². The number of carbonyl (C=O) groups excluding carboxylic acids is 1. The first-order valence-corrected chi connectivity index (χ1v) is 10.4. The number of alkyl halides is 3. The lowest BCUT2D eigenvalue weighted by atomic mass is 9.86. The Labute approximate surface area is 160 Å². The fourth-order valence-corrected chi connectivity index (χ4v) is 4.44. The van der Waals surface area contributed by atoms with Crippen LogP contribution in [0.15, 0.2) is 35.2 Å². The lowest BCUT2D eigenvalue weighted by Crippen LogP contribution is -2.28. The largest absolute Gasteiger partial charge is 0.435 e. The number of hydrogen-bond acceptors (Lipinski definition) is 4. The van der Waals surface area contributed by atoms with Crippen LogP contribution in [0.1, 0.15) is 56.3 Å². The molecule has 28 heavy (non-hydrogen) atoms. The highest BCUT2D eigenvalue weighted by Crippen LogP contribution is 2.37. The number of amides is 1. The third-order valence-electron chi connectivity index (χ3n) is 4.72. The zero-order chi connectivity index (χ0) is 20.5. The first kappa shape index (κ1) is 20.4. The molecule has 6 nitrogen and oxygen atoms in total. The summed E-state index contributed by atoms with van der Waals surface area (Å²) >= 11 is 0. The predicted molar refractivity (Wildman–Crippen MR) is 95.4 cm³/mol. The third-order valence-corrected chi connectivity index (χ3v) is 6.17. The molecule has 0 bridgehead atoms. The fraction of sp³-hybridized carbons (Fsp3) is 0.444. The SMILES string of the molecule is CC(=O)NS(=O)(=O)c1ccc(-n2nc(C(F)(F)F)cc2C2CCCCC2)cc1. The summed E-state index contributed by atoms with van der Waals surface area (Å²) in [5.41, 5.74) is -0.162. The van der Waals surface area contributed by atoms with Crippen LogP contribution < -0.4 is 4.72 Å². The summed E-state index contributed by atoms with van der Waals surface area (Å²) in [4.78, 5) is 10.9. The lowest BCUT2D eigenvalue weighted by Gasteiger charge is -2.22. The van der Waals surface area contributed by atoms with E-state index in [1.807, 2.05) is 4.72 Å². The molecule has 0 saturated heterocycles. The molecule has 0 aliphatic heterocycles. The van der Waals surface area contributed by atoms with Gasteiger partial charge < -0.3 is 0 Å². The van der Waals surface area contributed by atoms with Crippen molar-refractivity contribution in [3.63, 3.8) is 0 Å². The van der Waals surface area contributed by atoms with Gasteiger partial charge in [-0.2, -0.15) is 18.3 Å². The van der Waals surface area contributed by atoms with Crippen LogP contribution in [0.4, 0.5) is 13.2 Å². The summed E-state index contributed by atoms with van der Waals surface area (Å²) in [5, 5.41) is 3.74. The number of nitrogens with zero attached hydrogens (tertiary/aromatic N) is 2. The summed E-state index contributed by atoms with van der Waals surface area (Å²) < 4.78 is 66.8. The molecule has 1 aliphatic rings. The normalized spacial score (nSPS) is 16.1. The van der Waals surface area contributed by atoms with Crippen molar-refractivity contribution in [2.24, 2.45) is 0 Å². The van der Waals surface area contributed by atoms with Crippen LogP contribution in [0.5, 0.6) is 0 Å². The Kier molecular flexibility index (Phi) is 5.51. The molecule has 1 N–H and O–H groups in total. The lowest BCUT2D eigenvalue weighted by molar-refractivity contribution is -0.141. The monoisotopic (exact) mass is 415 g/mol. The van der Waals surface area contributed by atoms with E-state index in [0.29, 0.717) is 11.4 Å². The molecule has 0 radical (unpaired) electrons. The maximum Gasteiger partial charge on any atom is 0.435 e. The molecular formula is C18H20F3N3O3S. The molecule has 10 heteroatoms. The molecule has 2 aromatic rings. The van der Waals surface area contributed by atoms with Crippen LogP contribution in [0.3, 0.4) is 0 Å². The van der Waals surface area contributed by atoms with Crippen molar-refractivity contribution in [3.8, 4) is 5.69 Å². The number of hydrogen-bond donors (Lipinski definition) is 1. The van der Waals surface area contributed by atoms with E-state index < -0.39 is 27.8 Å². The highest BCUT2D eigenvalue weighted by Gasteiger charge is 2.36. The number of rotatable bonds is 4. The van der Waals surface area contributed by atoms with Gasteiger partial charge >= 0.3 is 6.18 Å². The van der Waals surface area contributed by atoms with Gasteiger partial charge in [-0.3, -0.25) is 4.79 Å². The Morgan fingerprint density at radius 2 is 1.75 bits per heavy atom. The minimum absolute atomic E-state index is 0.0276. The van der Waals surface area contributed by atoms with Gasteiger partial charge in [0.25, 0.3) is 10.0 Å². The van der Waals surface area contributed by atoms with Gasteiger partial charge in [0, 0.05) is 18.5 Å². The molecule has 1 saturated carbocycles. The standard InChI is InChI=1S/C18H20F3N3O3S/c1-12(25)23-28(26,27)15-9-7-14(8-10-15)24-16(13-5-3-2-4-6-13)11-17(22-24)18(19,20)21/h7-11,13H,2-6H2,1H3,(H,23,25). The minimum atomic E-state index is -4.57. The first-order chi connectivity index (χ1) is 13.1. The van der Waals surface area contributed by atoms with Crippen LogP contribution in [-0.2, 0) is 21.0 Å². The van der Waals surface area contributed by atoms with Crippen molar-refractivity contribution in [2.45, 2.75) is 56.0 Å². The van der Waals surface area contributed by atoms with E-state index in [1.165, 1.54) is 28.9 Å². The molecule has 0 atom stereocenters. The zero-order valence-electron chi connectivity index (χ0n) is 15.2. The molecule has 1 heterocycles. The number of benzene rings is 1. The summed E-state index contributed by atoms with van der Waals surface area (Å²) in [6, 6.07) is 6.32. The number of nitrogens with one attached hydrogen (secondary N) is 1. The molecule has 1 amide bonds. The first-order valence-electron chi connectivity index (χ1n) is 8.89. The molecule has 0 unspecified atom stereocenters. The summed E-state index contributed by atoms with van der Waals surface area (Å²) in [6.45, 7) is 1.07. The van der Waals surface area contributed by atoms with Gasteiger partial charge in [-0.25, -0.2) is 17.8 Å². The smallest absolute Gasteiger partial charge is 0.274 e. The minimum Gasteiger partial charge on any atom is -0.274 e. The fourth-order valence-electron chi connectivity index (χ4n) is 3.44. The Hall–Kier alpha value is -2.36. The van der Waals surface area contributed by atoms with Crippen LogP contribution >= 0.6 is 0 Å². The number of aromatic nitrogens is 2. The molecule has 1 fully saturated rings. The molecule has 1 aromatic carbocycles. The molecule has 1 aromatic heterocycles. The van der Waals surface area contributed by atoms with Crippen molar-refractivity contribution in [1.82, 2.24) is 14.5 Å². The average molecular weight is 415 g/mol. The maximum absolute atomic E-state index is 13.2. The Morgan fingerprint density at radius 3 is 2.29 bits per heavy atom. The van der Waals surface area contributed by atoms with E-state index in [1.54, 1.807) is 0 Å². The van der Waals surface area contributed by atoms with E-state index in [-0.39, 0.29) is 10.8 Å². The van der Waals surface area contributed by atoms with Gasteiger partial charge in [-0.15, -0.1) is 0 Å². The Morgan fingerprint density at radius 1 is 1.14 bits per heavy atom. The second-order valence-electron chi connectivity index (χ2n) is 6.85. The van der Waals surface area contributed by atoms with Gasteiger partial charge in [0.15, 0.2) is 5.69 Å². The number of sulfonamides is 1. The topological polar surface area (TPSA) is 81.1 Å². The number of halogens is 3. The van der Waals surface area contributed by atoms with Crippen LogP contribution in [0.2, 0.25) is 0 Å². The summed E-state index contributed by atoms with van der Waals surface area (Å²) in [6.07, 6.45) is -0.0258. The highest BCUT2D eigenvalue weighted by atomic mass is 32.2. The van der Waals surface area contributed by atoms with Crippen LogP contribution in [-0.4, -0.2) is 24.1 Å². The third kappa shape index (κ3) is 4.37. The quantitative estimate of drug-likeness (QED) is 0.824. The second-order valence-corrected chi connectivity index (χ2v) is 8.54. The highest BCUT2D eigenvalue weighted by molar-refractivity contribution is 7.90. The zero-order valence-corrected chi connectivity index (χ0v) is 16.0. The summed E-state index contributed by atoms with van der Waals surface area (Å²) in [7, 11) is -4.02. The number of carbonyl (C=O) groups is 1. The Bertz CT molecular complexity index is 960. The van der Waals surface area contributed by atoms with E-state index in [9.17, 15) is 26.4 Å². The van der Waals surface area contributed by atoms with Gasteiger partial charge in [-0.05, 0) is 43.2 Å². The van der Waals surface area contributed by atoms with E-state index in [0.717, 1.165) is 45.1 Å². The molecule has 152 valence electrons. The molecule has 1 aliphatic carbocycles. The predicted octanol–water partition coefficient (Wildman–Crippen LogP) is 3.76. The van der Waals surface area contributed by atoms with Crippen molar-refractivity contribution in [3.05, 3.63) is 41.7 Å². The average Bonchev–Trinajstić information content (AvgIpc) is 3.07. The Balaban J connectivity index is 2.00. The van der Waals surface area contributed by atoms with Crippen LogP contribution in [0.25, 0.3) is 5.69 Å². The van der Waals surface area contributed by atoms with Gasteiger partial charge in [0.2, 0.25) is 5.91 Å². The van der Waals surface area contributed by atoms with Crippen molar-refractivity contribution in [1.29, 1.82) is 0 Å². The van der Waals surface area contributed by atoms with Crippen LogP contribution in [0, 0.1) is 0 Å². The van der Waals surface area contributed by atoms with Crippen molar-refractivity contribution < 1.29 is 26.4 Å². The van der Waals surface area contributed by atoms with E-state index >= 15 is 0 Å². The van der Waals surface area contributed by atoms with Gasteiger partial charge in [-0.1, -0.05) is 19.3 Å². The van der Waals surface area contributed by atoms with E-state index in [2.05, 4.69) is 5.10 Å². The summed E-state index contributed by atoms with van der Waals surface area (Å²) in [5.74, 6) is -0.759. The maximum atomic E-state index is 13.2. The van der Waals surface area contributed by atoms with Gasteiger partial charge in [0.1, 0.15) is 0 Å². The molecular weight excluding hydrogens is 395 g/mol.